The Morgan fingerprint density at radius 1 is 1.09 bits per heavy atom. The molecular formula is C30H39N7O5S. The lowest BCUT2D eigenvalue weighted by atomic mass is 10.1. The minimum absolute atomic E-state index is 0.0351. The number of morpholine rings is 1. The molecule has 43 heavy (non-hydrogen) atoms. The number of carbonyl (C=O) groups excluding carboxylic acids is 2. The van der Waals surface area contributed by atoms with Crippen molar-refractivity contribution in [3.8, 4) is 6.01 Å². The maximum atomic E-state index is 13.3. The molecule has 0 unspecified atom stereocenters. The molecule has 2 aliphatic rings. The number of rotatable bonds is 11. The van der Waals surface area contributed by atoms with E-state index in [1.807, 2.05) is 12.1 Å². The number of hydrogen-bond acceptors (Lipinski definition) is 11. The molecule has 0 aliphatic carbocycles. The number of benzene rings is 1. The first kappa shape index (κ1) is 30.8. The van der Waals surface area contributed by atoms with Crippen LogP contribution in [-0.2, 0) is 16.0 Å². The first-order valence-corrected chi connectivity index (χ1v) is 15.5. The van der Waals surface area contributed by atoms with Crippen molar-refractivity contribution in [3.63, 3.8) is 0 Å². The standard InChI is InChI=1S/C30H39N7O5S/c1-20-16-36(17-21(2)41-20)18-22-5-6-25(24(15-22)27(38)31-11-14-40-3)34-28(39)26-19-43-30(35-26)37-12-7-23(8-13-37)42-29-32-9-4-10-33-29/h4-6,9-10,15,19-21,23H,7-8,11-14,16-18H2,1-3H3,(H,31,38)(H,34,39)/t20-,21+. The molecule has 1 aromatic carbocycles. The summed E-state index contributed by atoms with van der Waals surface area (Å²) in [5.74, 6) is -0.640. The molecular weight excluding hydrogens is 570 g/mol. The molecule has 2 atom stereocenters. The van der Waals surface area contributed by atoms with Gasteiger partial charge in [0.05, 0.1) is 30.1 Å². The van der Waals surface area contributed by atoms with Gasteiger partial charge in [-0.05, 0) is 37.6 Å². The molecule has 0 radical (unpaired) electrons. The minimum atomic E-state index is -0.364. The number of hydrogen-bond donors (Lipinski definition) is 2. The average molecular weight is 610 g/mol. The maximum Gasteiger partial charge on any atom is 0.316 e. The van der Waals surface area contributed by atoms with E-state index in [4.69, 9.17) is 14.2 Å². The molecule has 2 N–H and O–H groups in total. The molecule has 0 saturated carbocycles. The van der Waals surface area contributed by atoms with Crippen LogP contribution in [-0.4, -0.2) is 96.4 Å². The van der Waals surface area contributed by atoms with E-state index in [-0.39, 0.29) is 30.1 Å². The Balaban J connectivity index is 1.23. The molecule has 4 heterocycles. The van der Waals surface area contributed by atoms with Gasteiger partial charge in [-0.3, -0.25) is 14.5 Å². The third-order valence-electron chi connectivity index (χ3n) is 7.32. The van der Waals surface area contributed by atoms with Crippen LogP contribution in [0.3, 0.4) is 0 Å². The minimum Gasteiger partial charge on any atom is -0.460 e. The third-order valence-corrected chi connectivity index (χ3v) is 8.22. The summed E-state index contributed by atoms with van der Waals surface area (Å²) in [4.78, 5) is 43.8. The van der Waals surface area contributed by atoms with Crippen LogP contribution in [0, 0.1) is 0 Å². The van der Waals surface area contributed by atoms with Gasteiger partial charge >= 0.3 is 6.01 Å². The highest BCUT2D eigenvalue weighted by molar-refractivity contribution is 7.14. The van der Waals surface area contributed by atoms with Gasteiger partial charge in [0.25, 0.3) is 11.8 Å². The molecule has 0 spiro atoms. The van der Waals surface area contributed by atoms with Crippen LogP contribution >= 0.6 is 11.3 Å². The molecule has 3 aromatic rings. The number of nitrogens with one attached hydrogen (secondary N) is 2. The first-order chi connectivity index (χ1) is 20.9. The summed E-state index contributed by atoms with van der Waals surface area (Å²) in [6.07, 6.45) is 5.25. The Morgan fingerprint density at radius 2 is 1.84 bits per heavy atom. The summed E-state index contributed by atoms with van der Waals surface area (Å²) in [6.45, 7) is 8.70. The van der Waals surface area contributed by atoms with E-state index in [9.17, 15) is 9.59 Å². The lowest BCUT2D eigenvalue weighted by Gasteiger charge is -2.35. The van der Waals surface area contributed by atoms with Crippen molar-refractivity contribution in [2.24, 2.45) is 0 Å². The molecule has 0 bridgehead atoms. The summed E-state index contributed by atoms with van der Waals surface area (Å²) in [5, 5.41) is 8.33. The number of ether oxygens (including phenoxy) is 3. The van der Waals surface area contributed by atoms with Crippen molar-refractivity contribution >= 4 is 34.0 Å². The van der Waals surface area contributed by atoms with Crippen molar-refractivity contribution in [1.82, 2.24) is 25.2 Å². The van der Waals surface area contributed by atoms with Crippen molar-refractivity contribution in [2.45, 2.75) is 51.5 Å². The third kappa shape index (κ3) is 8.47. The van der Waals surface area contributed by atoms with E-state index in [1.165, 1.54) is 11.3 Å². The lowest BCUT2D eigenvalue weighted by molar-refractivity contribution is -0.0704. The van der Waals surface area contributed by atoms with Crippen molar-refractivity contribution in [1.29, 1.82) is 0 Å². The molecule has 13 heteroatoms. The van der Waals surface area contributed by atoms with Gasteiger partial charge in [0.2, 0.25) is 0 Å². The van der Waals surface area contributed by atoms with Crippen LogP contribution in [0.4, 0.5) is 10.8 Å². The molecule has 12 nitrogen and oxygen atoms in total. The fourth-order valence-electron chi connectivity index (χ4n) is 5.38. The van der Waals surface area contributed by atoms with E-state index in [0.717, 1.165) is 49.7 Å². The van der Waals surface area contributed by atoms with Gasteiger partial charge in [0, 0.05) is 77.0 Å². The average Bonchev–Trinajstić information content (AvgIpc) is 3.49. The Labute approximate surface area is 255 Å². The van der Waals surface area contributed by atoms with Gasteiger partial charge < -0.3 is 29.7 Å². The van der Waals surface area contributed by atoms with Crippen LogP contribution in [0.1, 0.15) is 53.1 Å². The summed E-state index contributed by atoms with van der Waals surface area (Å²) in [5.41, 5.74) is 2.12. The predicted molar refractivity (Wildman–Crippen MR) is 164 cm³/mol. The predicted octanol–water partition coefficient (Wildman–Crippen LogP) is 3.22. The van der Waals surface area contributed by atoms with Crippen molar-refractivity contribution in [3.05, 3.63) is 58.9 Å². The zero-order chi connectivity index (χ0) is 30.2. The number of aromatic nitrogens is 3. The number of anilines is 2. The van der Waals surface area contributed by atoms with Crippen molar-refractivity contribution < 1.29 is 23.8 Å². The zero-order valence-corrected chi connectivity index (χ0v) is 25.6. The number of methoxy groups -OCH3 is 1. The highest BCUT2D eigenvalue weighted by Gasteiger charge is 2.25. The number of piperidine rings is 1. The SMILES string of the molecule is COCCNC(=O)c1cc(CN2C[C@@H](C)O[C@@H](C)C2)ccc1NC(=O)c1csc(N2CCC(Oc3ncccn3)CC2)n1. The smallest absolute Gasteiger partial charge is 0.316 e. The van der Waals surface area contributed by atoms with E-state index >= 15 is 0 Å². The van der Waals surface area contributed by atoms with Crippen LogP contribution in [0.15, 0.2) is 42.0 Å². The summed E-state index contributed by atoms with van der Waals surface area (Å²) < 4.78 is 16.8. The van der Waals surface area contributed by atoms with E-state index in [2.05, 4.69) is 49.2 Å². The Kier molecular flexibility index (Phi) is 10.5. The normalized spacial score (nSPS) is 19.7. The Hall–Kier alpha value is -3.65. The second kappa shape index (κ2) is 14.7. The fraction of sp³-hybridized carbons (Fsp3) is 0.500. The van der Waals surface area contributed by atoms with E-state index in [1.54, 1.807) is 37.0 Å². The highest BCUT2D eigenvalue weighted by atomic mass is 32.1. The second-order valence-electron chi connectivity index (χ2n) is 10.9. The van der Waals surface area contributed by atoms with Gasteiger partial charge in [0.15, 0.2) is 5.13 Å². The fourth-order valence-corrected chi connectivity index (χ4v) is 6.24. The molecule has 2 aliphatic heterocycles. The molecule has 2 saturated heterocycles. The Bertz CT molecular complexity index is 1360. The first-order valence-electron chi connectivity index (χ1n) is 14.6. The van der Waals surface area contributed by atoms with Crippen LogP contribution in [0.5, 0.6) is 6.01 Å². The quantitative estimate of drug-likeness (QED) is 0.313. The second-order valence-corrected chi connectivity index (χ2v) is 11.7. The van der Waals surface area contributed by atoms with E-state index in [0.29, 0.717) is 42.7 Å². The summed E-state index contributed by atoms with van der Waals surface area (Å²) in [6, 6.07) is 7.74. The van der Waals surface area contributed by atoms with Crippen LogP contribution in [0.25, 0.3) is 0 Å². The van der Waals surface area contributed by atoms with Gasteiger partial charge in [-0.2, -0.15) is 0 Å². The lowest BCUT2D eigenvalue weighted by Crippen LogP contribution is -2.44. The van der Waals surface area contributed by atoms with Crippen LogP contribution in [0.2, 0.25) is 0 Å². The largest absolute Gasteiger partial charge is 0.460 e. The highest BCUT2D eigenvalue weighted by Crippen LogP contribution is 2.27. The summed E-state index contributed by atoms with van der Waals surface area (Å²) in [7, 11) is 1.58. The number of carbonyl (C=O) groups is 2. The molecule has 2 aromatic heterocycles. The molecule has 5 rings (SSSR count). The van der Waals surface area contributed by atoms with Gasteiger partial charge in [-0.15, -0.1) is 11.3 Å². The Morgan fingerprint density at radius 3 is 2.56 bits per heavy atom. The zero-order valence-electron chi connectivity index (χ0n) is 24.8. The molecule has 2 amide bonds. The summed E-state index contributed by atoms with van der Waals surface area (Å²) >= 11 is 1.43. The van der Waals surface area contributed by atoms with Gasteiger partial charge in [-0.25, -0.2) is 15.0 Å². The van der Waals surface area contributed by atoms with Crippen LogP contribution < -0.4 is 20.3 Å². The topological polar surface area (TPSA) is 131 Å². The molecule has 230 valence electrons. The van der Waals surface area contributed by atoms with E-state index < -0.39 is 0 Å². The molecule has 2 fully saturated rings. The number of amides is 2. The maximum absolute atomic E-state index is 13.3. The number of thiazole rings is 1. The van der Waals surface area contributed by atoms with Gasteiger partial charge in [-0.1, -0.05) is 6.07 Å². The number of nitrogens with zero attached hydrogens (tertiary/aromatic N) is 5. The monoisotopic (exact) mass is 609 g/mol. The van der Waals surface area contributed by atoms with Crippen molar-refractivity contribution in [2.75, 3.05) is 56.7 Å². The van der Waals surface area contributed by atoms with Gasteiger partial charge in [0.1, 0.15) is 11.8 Å².